The van der Waals surface area contributed by atoms with Crippen LogP contribution < -0.4 is 10.0 Å². The van der Waals surface area contributed by atoms with E-state index in [2.05, 4.69) is 15.0 Å². The fourth-order valence-electron chi connectivity index (χ4n) is 3.79. The molecule has 0 unspecified atom stereocenters. The molecule has 1 amide bonds. The molecule has 3 aromatic carbocycles. The molecule has 1 heterocycles. The molecule has 0 spiro atoms. The summed E-state index contributed by atoms with van der Waals surface area (Å²) >= 11 is 0. The number of nitrogens with one attached hydrogen (secondary N) is 3. The average Bonchev–Trinajstić information content (AvgIpc) is 3.22. The molecule has 170 valence electrons. The van der Waals surface area contributed by atoms with Gasteiger partial charge in [0.2, 0.25) is 15.9 Å². The summed E-state index contributed by atoms with van der Waals surface area (Å²) in [5.41, 5.74) is 3.99. The SMILES string of the molecule is Cc1ccc(S(=O)(=O)N[C@@H](Cc2ccccc2)C(=O)NCCc2c[nH]c3ccccc23)cc1. The van der Waals surface area contributed by atoms with Crippen LogP contribution in [0.15, 0.2) is 90.0 Å². The number of sulfonamides is 1. The molecule has 7 heteroatoms. The molecule has 0 radical (unpaired) electrons. The van der Waals surface area contributed by atoms with Crippen molar-refractivity contribution in [1.29, 1.82) is 0 Å². The monoisotopic (exact) mass is 461 g/mol. The number of rotatable bonds is 9. The first-order chi connectivity index (χ1) is 15.9. The lowest BCUT2D eigenvalue weighted by molar-refractivity contribution is -0.122. The maximum absolute atomic E-state index is 13.1. The zero-order valence-electron chi connectivity index (χ0n) is 18.4. The molecule has 33 heavy (non-hydrogen) atoms. The standard InChI is InChI=1S/C26H27N3O3S/c1-19-11-13-22(14-12-19)33(31,32)29-25(17-20-7-3-2-4-8-20)26(30)27-16-15-21-18-28-24-10-6-5-9-23(21)24/h2-14,18,25,28-29H,15-17H2,1H3,(H,27,30)/t25-/m0/s1. The Labute approximate surface area is 194 Å². The van der Waals surface area contributed by atoms with E-state index in [1.165, 1.54) is 0 Å². The third-order valence-corrected chi connectivity index (χ3v) is 7.08. The van der Waals surface area contributed by atoms with Crippen LogP contribution in [0.5, 0.6) is 0 Å². The molecule has 3 N–H and O–H groups in total. The highest BCUT2D eigenvalue weighted by molar-refractivity contribution is 7.89. The Morgan fingerprint density at radius 1 is 0.939 bits per heavy atom. The topological polar surface area (TPSA) is 91.1 Å². The van der Waals surface area contributed by atoms with Crippen LogP contribution in [0.25, 0.3) is 10.9 Å². The summed E-state index contributed by atoms with van der Waals surface area (Å²) in [7, 11) is -3.85. The zero-order chi connectivity index (χ0) is 23.3. The Hall–Kier alpha value is -3.42. The predicted octanol–water partition coefficient (Wildman–Crippen LogP) is 3.72. The lowest BCUT2D eigenvalue weighted by Crippen LogP contribution is -2.48. The number of para-hydroxylation sites is 1. The zero-order valence-corrected chi connectivity index (χ0v) is 19.2. The lowest BCUT2D eigenvalue weighted by atomic mass is 10.1. The highest BCUT2D eigenvalue weighted by Crippen LogP contribution is 2.18. The quantitative estimate of drug-likeness (QED) is 0.355. The molecule has 1 aromatic heterocycles. The Bertz CT molecular complexity index is 1330. The Morgan fingerprint density at radius 3 is 2.39 bits per heavy atom. The van der Waals surface area contributed by atoms with E-state index in [9.17, 15) is 13.2 Å². The molecule has 0 saturated carbocycles. The van der Waals surface area contributed by atoms with Crippen LogP contribution in [0.4, 0.5) is 0 Å². The van der Waals surface area contributed by atoms with Gasteiger partial charge in [-0.3, -0.25) is 4.79 Å². The number of fused-ring (bicyclic) bond motifs is 1. The summed E-state index contributed by atoms with van der Waals surface area (Å²) in [6, 6.07) is 23.0. The van der Waals surface area contributed by atoms with Gasteiger partial charge in [-0.1, -0.05) is 66.2 Å². The molecule has 0 fully saturated rings. The minimum Gasteiger partial charge on any atom is -0.361 e. The second-order valence-corrected chi connectivity index (χ2v) is 9.79. The molecule has 0 aliphatic heterocycles. The van der Waals surface area contributed by atoms with E-state index < -0.39 is 16.1 Å². The number of H-pyrrole nitrogens is 1. The van der Waals surface area contributed by atoms with Gasteiger partial charge >= 0.3 is 0 Å². The van der Waals surface area contributed by atoms with Crippen molar-refractivity contribution in [2.75, 3.05) is 6.54 Å². The minimum absolute atomic E-state index is 0.137. The number of hydrogen-bond donors (Lipinski definition) is 3. The summed E-state index contributed by atoms with van der Waals surface area (Å²) in [6.07, 6.45) is 2.84. The minimum atomic E-state index is -3.85. The number of hydrogen-bond acceptors (Lipinski definition) is 3. The largest absolute Gasteiger partial charge is 0.361 e. The van der Waals surface area contributed by atoms with E-state index in [4.69, 9.17) is 0 Å². The van der Waals surface area contributed by atoms with E-state index in [-0.39, 0.29) is 17.2 Å². The van der Waals surface area contributed by atoms with Crippen LogP contribution in [0.3, 0.4) is 0 Å². The third-order valence-electron chi connectivity index (χ3n) is 5.60. The second-order valence-electron chi connectivity index (χ2n) is 8.08. The van der Waals surface area contributed by atoms with Crippen molar-refractivity contribution in [2.45, 2.75) is 30.7 Å². The highest BCUT2D eigenvalue weighted by atomic mass is 32.2. The molecule has 0 aliphatic carbocycles. The summed E-state index contributed by atoms with van der Waals surface area (Å²) in [6.45, 7) is 2.29. The number of aromatic amines is 1. The van der Waals surface area contributed by atoms with Gasteiger partial charge in [0, 0.05) is 23.6 Å². The van der Waals surface area contributed by atoms with Crippen molar-refractivity contribution in [3.63, 3.8) is 0 Å². The summed E-state index contributed by atoms with van der Waals surface area (Å²) < 4.78 is 28.5. The normalized spacial score (nSPS) is 12.5. The number of amides is 1. The fraction of sp³-hybridized carbons (Fsp3) is 0.192. The molecule has 4 rings (SSSR count). The van der Waals surface area contributed by atoms with E-state index in [1.54, 1.807) is 24.3 Å². The molecule has 0 aliphatic rings. The first-order valence-electron chi connectivity index (χ1n) is 10.9. The molecule has 4 aromatic rings. The number of aryl methyl sites for hydroxylation is 1. The first-order valence-corrected chi connectivity index (χ1v) is 12.4. The molecule has 1 atom stereocenters. The molecular formula is C26H27N3O3S. The van der Waals surface area contributed by atoms with E-state index in [1.807, 2.05) is 67.7 Å². The smallest absolute Gasteiger partial charge is 0.241 e. The number of benzene rings is 3. The van der Waals surface area contributed by atoms with E-state index in [0.717, 1.165) is 27.6 Å². The van der Waals surface area contributed by atoms with Crippen molar-refractivity contribution in [1.82, 2.24) is 15.0 Å². The molecular weight excluding hydrogens is 434 g/mol. The molecule has 0 saturated heterocycles. The number of aromatic nitrogens is 1. The maximum Gasteiger partial charge on any atom is 0.241 e. The van der Waals surface area contributed by atoms with Gasteiger partial charge in [-0.05, 0) is 49.1 Å². The van der Waals surface area contributed by atoms with Crippen LogP contribution in [0, 0.1) is 6.92 Å². The predicted molar refractivity (Wildman–Crippen MR) is 130 cm³/mol. The van der Waals surface area contributed by atoms with E-state index >= 15 is 0 Å². The van der Waals surface area contributed by atoms with E-state index in [0.29, 0.717) is 13.0 Å². The van der Waals surface area contributed by atoms with Gasteiger partial charge in [0.05, 0.1) is 4.90 Å². The van der Waals surface area contributed by atoms with Gasteiger partial charge in [-0.15, -0.1) is 0 Å². The summed E-state index contributed by atoms with van der Waals surface area (Å²) in [4.78, 5) is 16.4. The first kappa shape index (κ1) is 22.8. The van der Waals surface area contributed by atoms with Gasteiger partial charge in [0.1, 0.15) is 6.04 Å². The van der Waals surface area contributed by atoms with Crippen LogP contribution in [0.2, 0.25) is 0 Å². The summed E-state index contributed by atoms with van der Waals surface area (Å²) in [5.74, 6) is -0.352. The molecule has 6 nitrogen and oxygen atoms in total. The lowest BCUT2D eigenvalue weighted by Gasteiger charge is -2.19. The third kappa shape index (κ3) is 5.69. The number of carbonyl (C=O) groups is 1. The summed E-state index contributed by atoms with van der Waals surface area (Å²) in [5, 5.41) is 4.03. The second kappa shape index (κ2) is 10.0. The Morgan fingerprint density at radius 2 is 1.64 bits per heavy atom. The van der Waals surface area contributed by atoms with Crippen molar-refractivity contribution in [3.05, 3.63) is 102 Å². The maximum atomic E-state index is 13.1. The van der Waals surface area contributed by atoms with Crippen LogP contribution >= 0.6 is 0 Å². The van der Waals surface area contributed by atoms with Crippen LogP contribution in [-0.4, -0.2) is 31.9 Å². The van der Waals surface area contributed by atoms with Crippen LogP contribution in [-0.2, 0) is 27.7 Å². The van der Waals surface area contributed by atoms with Crippen molar-refractivity contribution < 1.29 is 13.2 Å². The van der Waals surface area contributed by atoms with Crippen LogP contribution in [0.1, 0.15) is 16.7 Å². The Balaban J connectivity index is 1.47. The average molecular weight is 462 g/mol. The van der Waals surface area contributed by atoms with Gasteiger partial charge in [-0.2, -0.15) is 4.72 Å². The van der Waals surface area contributed by atoms with Gasteiger partial charge in [0.15, 0.2) is 0 Å². The van der Waals surface area contributed by atoms with Gasteiger partial charge in [0.25, 0.3) is 0 Å². The van der Waals surface area contributed by atoms with Crippen molar-refractivity contribution >= 4 is 26.8 Å². The highest BCUT2D eigenvalue weighted by Gasteiger charge is 2.26. The van der Waals surface area contributed by atoms with Crippen molar-refractivity contribution in [2.24, 2.45) is 0 Å². The fourth-order valence-corrected chi connectivity index (χ4v) is 4.99. The molecule has 0 bridgehead atoms. The van der Waals surface area contributed by atoms with Crippen molar-refractivity contribution in [3.8, 4) is 0 Å². The van der Waals surface area contributed by atoms with Gasteiger partial charge in [-0.25, -0.2) is 8.42 Å². The Kier molecular flexibility index (Phi) is 6.91. The van der Waals surface area contributed by atoms with Gasteiger partial charge < -0.3 is 10.3 Å². The number of carbonyl (C=O) groups excluding carboxylic acids is 1.